The van der Waals surface area contributed by atoms with Crippen LogP contribution in [-0.2, 0) is 11.2 Å². The molecule has 0 aliphatic carbocycles. The van der Waals surface area contributed by atoms with Crippen molar-refractivity contribution in [3.8, 4) is 5.75 Å². The van der Waals surface area contributed by atoms with Crippen LogP contribution in [0.3, 0.4) is 0 Å². The number of hydrogen-bond donors (Lipinski definition) is 2. The topological polar surface area (TPSA) is 69.6 Å². The van der Waals surface area contributed by atoms with Crippen molar-refractivity contribution in [1.29, 1.82) is 0 Å². The molecule has 3 aromatic carbocycles. The summed E-state index contributed by atoms with van der Waals surface area (Å²) in [6, 6.07) is 20.8. The second-order valence-electron chi connectivity index (χ2n) is 7.79. The molecule has 0 aromatic heterocycles. The highest BCUT2D eigenvalue weighted by atomic mass is 35.5. The number of carbonyl (C=O) groups excluding carboxylic acids is 2. The average Bonchev–Trinajstić information content (AvgIpc) is 2.75. The van der Waals surface area contributed by atoms with Gasteiger partial charge in [-0.05, 0) is 66.9 Å². The van der Waals surface area contributed by atoms with Crippen LogP contribution in [0.5, 0.6) is 5.75 Å². The molecule has 0 saturated carbocycles. The molecule has 0 fully saturated rings. The highest BCUT2D eigenvalue weighted by Gasteiger charge is 2.34. The fraction of sp³-hybridized carbons (Fsp3) is 0.200. The zero-order valence-corrected chi connectivity index (χ0v) is 17.8. The van der Waals surface area contributed by atoms with Crippen LogP contribution in [0.4, 0.5) is 5.69 Å². The van der Waals surface area contributed by atoms with Crippen LogP contribution >= 0.6 is 11.6 Å². The number of aromatic hydroxyl groups is 1. The Kier molecular flexibility index (Phi) is 5.96. The molecule has 0 radical (unpaired) electrons. The SMILES string of the molecule is CC1CC(NC(=O)Cc2ccc(Cl)cc2)c2ccccc2N1C(=O)c1ccc(O)cc1. The number of fused-ring (bicyclic) bond motifs is 1. The van der Waals surface area contributed by atoms with Crippen molar-refractivity contribution < 1.29 is 14.7 Å². The molecule has 158 valence electrons. The number of rotatable bonds is 4. The smallest absolute Gasteiger partial charge is 0.258 e. The summed E-state index contributed by atoms with van der Waals surface area (Å²) in [4.78, 5) is 27.7. The van der Waals surface area contributed by atoms with Crippen molar-refractivity contribution >= 4 is 29.1 Å². The van der Waals surface area contributed by atoms with E-state index in [9.17, 15) is 14.7 Å². The Labute approximate surface area is 186 Å². The number of anilines is 1. The van der Waals surface area contributed by atoms with Gasteiger partial charge in [0.2, 0.25) is 5.91 Å². The highest BCUT2D eigenvalue weighted by molar-refractivity contribution is 6.30. The molecule has 1 aliphatic heterocycles. The minimum Gasteiger partial charge on any atom is -0.508 e. The van der Waals surface area contributed by atoms with E-state index in [-0.39, 0.29) is 36.1 Å². The highest BCUT2D eigenvalue weighted by Crippen LogP contribution is 2.38. The van der Waals surface area contributed by atoms with Crippen molar-refractivity contribution in [3.63, 3.8) is 0 Å². The molecular formula is C25H23ClN2O3. The summed E-state index contributed by atoms with van der Waals surface area (Å²) in [5.41, 5.74) is 3.10. The van der Waals surface area contributed by atoms with Crippen molar-refractivity contribution in [2.24, 2.45) is 0 Å². The molecule has 1 aliphatic rings. The number of nitrogens with one attached hydrogen (secondary N) is 1. The largest absolute Gasteiger partial charge is 0.508 e. The molecule has 4 rings (SSSR count). The van der Waals surface area contributed by atoms with Crippen LogP contribution in [0.1, 0.15) is 40.9 Å². The Bertz CT molecular complexity index is 1100. The van der Waals surface area contributed by atoms with E-state index in [0.717, 1.165) is 16.8 Å². The summed E-state index contributed by atoms with van der Waals surface area (Å²) >= 11 is 5.92. The summed E-state index contributed by atoms with van der Waals surface area (Å²) in [5, 5.41) is 13.3. The molecule has 0 bridgehead atoms. The Hall–Kier alpha value is -3.31. The van der Waals surface area contributed by atoms with Crippen LogP contribution < -0.4 is 10.2 Å². The second-order valence-corrected chi connectivity index (χ2v) is 8.23. The van der Waals surface area contributed by atoms with Crippen LogP contribution in [0.15, 0.2) is 72.8 Å². The van der Waals surface area contributed by atoms with E-state index in [1.807, 2.05) is 43.3 Å². The Balaban J connectivity index is 1.56. The van der Waals surface area contributed by atoms with Crippen LogP contribution in [0.25, 0.3) is 0 Å². The van der Waals surface area contributed by atoms with E-state index in [1.165, 1.54) is 12.1 Å². The summed E-state index contributed by atoms with van der Waals surface area (Å²) in [7, 11) is 0. The van der Waals surface area contributed by atoms with Gasteiger partial charge in [0.1, 0.15) is 5.75 Å². The third-order valence-corrected chi connectivity index (χ3v) is 5.79. The molecule has 2 N–H and O–H groups in total. The van der Waals surface area contributed by atoms with Crippen molar-refractivity contribution in [2.75, 3.05) is 4.90 Å². The van der Waals surface area contributed by atoms with E-state index in [0.29, 0.717) is 17.0 Å². The van der Waals surface area contributed by atoms with Gasteiger partial charge in [-0.3, -0.25) is 9.59 Å². The number of para-hydroxylation sites is 1. The van der Waals surface area contributed by atoms with Crippen LogP contribution in [-0.4, -0.2) is 23.0 Å². The molecule has 6 heteroatoms. The van der Waals surface area contributed by atoms with E-state index in [4.69, 9.17) is 11.6 Å². The Morgan fingerprint density at radius 1 is 1.03 bits per heavy atom. The molecule has 31 heavy (non-hydrogen) atoms. The molecule has 2 atom stereocenters. The predicted octanol–water partition coefficient (Wildman–Crippen LogP) is 4.88. The number of amides is 2. The molecule has 0 spiro atoms. The van der Waals surface area contributed by atoms with Gasteiger partial charge in [-0.2, -0.15) is 0 Å². The lowest BCUT2D eigenvalue weighted by atomic mass is 9.90. The summed E-state index contributed by atoms with van der Waals surface area (Å²) in [6.45, 7) is 1.98. The van der Waals surface area contributed by atoms with Gasteiger partial charge in [0, 0.05) is 22.3 Å². The monoisotopic (exact) mass is 434 g/mol. The first-order valence-electron chi connectivity index (χ1n) is 10.2. The third kappa shape index (κ3) is 4.57. The van der Waals surface area contributed by atoms with Crippen LogP contribution in [0, 0.1) is 0 Å². The predicted molar refractivity (Wildman–Crippen MR) is 121 cm³/mol. The lowest BCUT2D eigenvalue weighted by Gasteiger charge is -2.39. The summed E-state index contributed by atoms with van der Waals surface area (Å²) in [5.74, 6) is -0.0920. The number of phenols is 1. The maximum absolute atomic E-state index is 13.2. The van der Waals surface area contributed by atoms with Gasteiger partial charge in [-0.15, -0.1) is 0 Å². The molecule has 2 unspecified atom stereocenters. The first-order chi connectivity index (χ1) is 14.9. The molecular weight excluding hydrogens is 412 g/mol. The van der Waals surface area contributed by atoms with Crippen molar-refractivity contribution in [2.45, 2.75) is 31.8 Å². The van der Waals surface area contributed by atoms with Crippen molar-refractivity contribution in [1.82, 2.24) is 5.32 Å². The van der Waals surface area contributed by atoms with Crippen LogP contribution in [0.2, 0.25) is 5.02 Å². The molecule has 5 nitrogen and oxygen atoms in total. The van der Waals surface area contributed by atoms with Gasteiger partial charge in [0.15, 0.2) is 0 Å². The average molecular weight is 435 g/mol. The van der Waals surface area contributed by atoms with Gasteiger partial charge in [0.25, 0.3) is 5.91 Å². The minimum atomic E-state index is -0.185. The van der Waals surface area contributed by atoms with E-state index < -0.39 is 0 Å². The van der Waals surface area contributed by atoms with Gasteiger partial charge in [-0.25, -0.2) is 0 Å². The van der Waals surface area contributed by atoms with E-state index >= 15 is 0 Å². The number of carbonyl (C=O) groups is 2. The van der Waals surface area contributed by atoms with Crippen molar-refractivity contribution in [3.05, 3.63) is 94.5 Å². The Morgan fingerprint density at radius 2 is 1.71 bits per heavy atom. The van der Waals surface area contributed by atoms with E-state index in [1.54, 1.807) is 29.2 Å². The summed E-state index contributed by atoms with van der Waals surface area (Å²) < 4.78 is 0. The fourth-order valence-corrected chi connectivity index (χ4v) is 4.16. The van der Waals surface area contributed by atoms with Gasteiger partial charge in [-0.1, -0.05) is 41.9 Å². The standard InChI is InChI=1S/C25H23ClN2O3/c1-16-14-22(27-24(30)15-17-6-10-19(26)11-7-17)21-4-2-3-5-23(21)28(16)25(31)18-8-12-20(29)13-9-18/h2-13,16,22,29H,14-15H2,1H3,(H,27,30). The third-order valence-electron chi connectivity index (χ3n) is 5.54. The second kappa shape index (κ2) is 8.82. The zero-order valence-electron chi connectivity index (χ0n) is 17.1. The number of hydrogen-bond acceptors (Lipinski definition) is 3. The fourth-order valence-electron chi connectivity index (χ4n) is 4.03. The lowest BCUT2D eigenvalue weighted by Crippen LogP contribution is -2.46. The maximum atomic E-state index is 13.2. The van der Waals surface area contributed by atoms with Gasteiger partial charge >= 0.3 is 0 Å². The summed E-state index contributed by atoms with van der Waals surface area (Å²) in [6.07, 6.45) is 0.869. The number of phenolic OH excluding ortho intramolecular Hbond substituents is 1. The molecule has 3 aromatic rings. The zero-order chi connectivity index (χ0) is 22.0. The molecule has 0 saturated heterocycles. The number of halogens is 1. The normalized spacial score (nSPS) is 17.7. The maximum Gasteiger partial charge on any atom is 0.258 e. The molecule has 1 heterocycles. The lowest BCUT2D eigenvalue weighted by molar-refractivity contribution is -0.121. The number of benzene rings is 3. The quantitative estimate of drug-likeness (QED) is 0.614. The number of nitrogens with zero attached hydrogens (tertiary/aromatic N) is 1. The molecule has 2 amide bonds. The minimum absolute atomic E-state index is 0.0763. The first kappa shape index (κ1) is 20.9. The first-order valence-corrected chi connectivity index (χ1v) is 10.6. The van der Waals surface area contributed by atoms with Gasteiger partial charge < -0.3 is 15.3 Å². The Morgan fingerprint density at radius 3 is 2.42 bits per heavy atom. The van der Waals surface area contributed by atoms with Gasteiger partial charge in [0.05, 0.1) is 12.5 Å². The van der Waals surface area contributed by atoms with E-state index in [2.05, 4.69) is 5.32 Å².